The van der Waals surface area contributed by atoms with E-state index in [2.05, 4.69) is 30.9 Å². The number of benzene rings is 1. The van der Waals surface area contributed by atoms with Gasteiger partial charge in [0.2, 0.25) is 0 Å². The zero-order valence-corrected chi connectivity index (χ0v) is 10.9. The molecule has 0 saturated carbocycles. The molecule has 2 aromatic heterocycles. The van der Waals surface area contributed by atoms with Crippen LogP contribution in [-0.2, 0) is 0 Å². The van der Waals surface area contributed by atoms with E-state index in [1.165, 1.54) is 6.33 Å². The predicted molar refractivity (Wildman–Crippen MR) is 69.1 cm³/mol. The first-order valence-corrected chi connectivity index (χ1v) is 5.98. The van der Waals surface area contributed by atoms with E-state index < -0.39 is 0 Å². The smallest absolute Gasteiger partial charge is 0.143 e. The molecule has 3 nitrogen and oxygen atoms in total. The van der Waals surface area contributed by atoms with Crippen molar-refractivity contribution in [2.45, 2.75) is 0 Å². The molecule has 0 aliphatic heterocycles. The van der Waals surface area contributed by atoms with Crippen molar-refractivity contribution in [3.63, 3.8) is 0 Å². The Morgan fingerprint density at radius 2 is 2.00 bits per heavy atom. The van der Waals surface area contributed by atoms with Gasteiger partial charge < -0.3 is 4.98 Å². The minimum absolute atomic E-state index is 0.436. The predicted octanol–water partition coefficient (Wildman–Crippen LogP) is 4.18. The summed E-state index contributed by atoms with van der Waals surface area (Å²) in [5.74, 6) is 0. The summed E-state index contributed by atoms with van der Waals surface area (Å²) in [7, 11) is 0. The molecule has 1 aromatic carbocycles. The second kappa shape index (κ2) is 3.58. The van der Waals surface area contributed by atoms with Gasteiger partial charge in [-0.1, -0.05) is 23.2 Å². The van der Waals surface area contributed by atoms with Gasteiger partial charge in [-0.05, 0) is 28.1 Å². The molecule has 3 aromatic rings. The van der Waals surface area contributed by atoms with Gasteiger partial charge in [-0.3, -0.25) is 0 Å². The normalized spacial score (nSPS) is 11.4. The van der Waals surface area contributed by atoms with Crippen LogP contribution in [0.5, 0.6) is 0 Å². The second-order valence-corrected chi connectivity index (χ2v) is 4.94. The number of halogens is 3. The monoisotopic (exact) mass is 315 g/mol. The number of rotatable bonds is 0. The van der Waals surface area contributed by atoms with Gasteiger partial charge in [-0.2, -0.15) is 0 Å². The van der Waals surface area contributed by atoms with Crippen LogP contribution in [0.3, 0.4) is 0 Å². The minimum Gasteiger partial charge on any atom is -0.339 e. The lowest BCUT2D eigenvalue weighted by Gasteiger charge is -1.96. The van der Waals surface area contributed by atoms with Crippen molar-refractivity contribution in [2.75, 3.05) is 0 Å². The molecule has 0 bridgehead atoms. The number of hydrogen-bond donors (Lipinski definition) is 1. The number of H-pyrrole nitrogens is 1. The standard InChI is InChI=1S/C10H4BrCl2N3/c11-5-1-4-7(2-6(5)12)16-10-8(4)9(13)14-3-15-10/h1-3H,(H,14,15,16). The molecule has 80 valence electrons. The Hall–Kier alpha value is -0.840. The summed E-state index contributed by atoms with van der Waals surface area (Å²) >= 11 is 15.5. The molecule has 0 atom stereocenters. The third-order valence-corrected chi connectivity index (χ3v) is 3.87. The number of nitrogens with one attached hydrogen (secondary N) is 1. The first kappa shape index (κ1) is 10.3. The molecular formula is C10H4BrCl2N3. The van der Waals surface area contributed by atoms with E-state index >= 15 is 0 Å². The summed E-state index contributed by atoms with van der Waals surface area (Å²) in [6.45, 7) is 0. The Morgan fingerprint density at radius 3 is 2.81 bits per heavy atom. The Bertz CT molecular complexity index is 708. The fourth-order valence-corrected chi connectivity index (χ4v) is 2.42. The molecule has 3 rings (SSSR count). The van der Waals surface area contributed by atoms with E-state index in [1.54, 1.807) is 0 Å². The highest BCUT2D eigenvalue weighted by Gasteiger charge is 2.11. The summed E-state index contributed by atoms with van der Waals surface area (Å²) in [6.07, 6.45) is 1.43. The number of fused-ring (bicyclic) bond motifs is 3. The SMILES string of the molecule is Clc1cc2[nH]c3ncnc(Cl)c3c2cc1Br. The van der Waals surface area contributed by atoms with Crippen molar-refractivity contribution >= 4 is 61.1 Å². The second-order valence-electron chi connectivity index (χ2n) is 3.32. The van der Waals surface area contributed by atoms with Gasteiger partial charge in [-0.15, -0.1) is 0 Å². The van der Waals surface area contributed by atoms with Crippen LogP contribution in [-0.4, -0.2) is 15.0 Å². The van der Waals surface area contributed by atoms with Crippen LogP contribution < -0.4 is 0 Å². The highest BCUT2D eigenvalue weighted by molar-refractivity contribution is 9.10. The van der Waals surface area contributed by atoms with E-state index in [0.29, 0.717) is 15.8 Å². The molecular weight excluding hydrogens is 313 g/mol. The maximum absolute atomic E-state index is 6.05. The average molecular weight is 317 g/mol. The van der Waals surface area contributed by atoms with E-state index in [0.717, 1.165) is 20.8 Å². The van der Waals surface area contributed by atoms with Crippen molar-refractivity contribution < 1.29 is 0 Å². The van der Waals surface area contributed by atoms with Gasteiger partial charge in [0.05, 0.1) is 10.4 Å². The zero-order chi connectivity index (χ0) is 11.3. The summed E-state index contributed by atoms with van der Waals surface area (Å²) in [5, 5.41) is 2.85. The Labute approximate surface area is 109 Å². The fourth-order valence-electron chi connectivity index (χ4n) is 1.68. The van der Waals surface area contributed by atoms with E-state index in [1.807, 2.05) is 12.1 Å². The van der Waals surface area contributed by atoms with Crippen molar-refractivity contribution in [3.8, 4) is 0 Å². The molecule has 0 saturated heterocycles. The molecule has 0 aliphatic carbocycles. The Kier molecular flexibility index (Phi) is 2.31. The average Bonchev–Trinajstić information content (AvgIpc) is 2.58. The lowest BCUT2D eigenvalue weighted by atomic mass is 10.2. The van der Waals surface area contributed by atoms with Crippen LogP contribution in [0, 0.1) is 0 Å². The van der Waals surface area contributed by atoms with Crippen molar-refractivity contribution in [1.29, 1.82) is 0 Å². The summed E-state index contributed by atoms with van der Waals surface area (Å²) < 4.78 is 0.822. The van der Waals surface area contributed by atoms with E-state index in [9.17, 15) is 0 Å². The molecule has 2 heterocycles. The van der Waals surface area contributed by atoms with Crippen LogP contribution in [0.1, 0.15) is 0 Å². The third-order valence-electron chi connectivity index (χ3n) is 2.38. The van der Waals surface area contributed by atoms with E-state index in [-0.39, 0.29) is 0 Å². The van der Waals surface area contributed by atoms with Crippen LogP contribution in [0.25, 0.3) is 21.9 Å². The number of hydrogen-bond acceptors (Lipinski definition) is 2. The lowest BCUT2D eigenvalue weighted by molar-refractivity contribution is 1.21. The topological polar surface area (TPSA) is 41.6 Å². The third kappa shape index (κ3) is 1.41. The highest BCUT2D eigenvalue weighted by Crippen LogP contribution is 2.34. The molecule has 0 unspecified atom stereocenters. The largest absolute Gasteiger partial charge is 0.339 e. The van der Waals surface area contributed by atoms with Gasteiger partial charge >= 0.3 is 0 Å². The van der Waals surface area contributed by atoms with Crippen LogP contribution in [0.2, 0.25) is 10.2 Å². The molecule has 0 fully saturated rings. The molecule has 0 aliphatic rings. The number of nitrogens with zero attached hydrogens (tertiary/aromatic N) is 2. The Morgan fingerprint density at radius 1 is 1.19 bits per heavy atom. The van der Waals surface area contributed by atoms with Crippen molar-refractivity contribution in [2.24, 2.45) is 0 Å². The number of aromatic amines is 1. The summed E-state index contributed by atoms with van der Waals surface area (Å²) in [5.41, 5.74) is 1.61. The van der Waals surface area contributed by atoms with Gasteiger partial charge in [0.15, 0.2) is 0 Å². The first-order valence-electron chi connectivity index (χ1n) is 4.44. The maximum Gasteiger partial charge on any atom is 0.143 e. The summed E-state index contributed by atoms with van der Waals surface area (Å²) in [6, 6.07) is 3.74. The van der Waals surface area contributed by atoms with E-state index in [4.69, 9.17) is 23.2 Å². The van der Waals surface area contributed by atoms with Crippen LogP contribution >= 0.6 is 39.1 Å². The van der Waals surface area contributed by atoms with Crippen molar-refractivity contribution in [3.05, 3.63) is 33.1 Å². The lowest BCUT2D eigenvalue weighted by Crippen LogP contribution is -1.80. The van der Waals surface area contributed by atoms with Gasteiger partial charge in [0.25, 0.3) is 0 Å². The minimum atomic E-state index is 0.436. The highest BCUT2D eigenvalue weighted by atomic mass is 79.9. The first-order chi connectivity index (χ1) is 7.66. The Balaban J connectivity index is 2.58. The molecule has 0 radical (unpaired) electrons. The number of aromatic nitrogens is 3. The molecule has 0 amide bonds. The summed E-state index contributed by atoms with van der Waals surface area (Å²) in [4.78, 5) is 11.2. The van der Waals surface area contributed by atoms with Gasteiger partial charge in [-0.25, -0.2) is 9.97 Å². The quantitative estimate of drug-likeness (QED) is 0.632. The molecule has 1 N–H and O–H groups in total. The molecule has 6 heteroatoms. The van der Waals surface area contributed by atoms with Gasteiger partial charge in [0, 0.05) is 15.4 Å². The molecule has 16 heavy (non-hydrogen) atoms. The van der Waals surface area contributed by atoms with Crippen molar-refractivity contribution in [1.82, 2.24) is 15.0 Å². The maximum atomic E-state index is 6.05. The fraction of sp³-hybridized carbons (Fsp3) is 0. The van der Waals surface area contributed by atoms with Gasteiger partial charge in [0.1, 0.15) is 17.1 Å². The van der Waals surface area contributed by atoms with Crippen LogP contribution in [0.4, 0.5) is 0 Å². The zero-order valence-electron chi connectivity index (χ0n) is 7.76. The van der Waals surface area contributed by atoms with Crippen LogP contribution in [0.15, 0.2) is 22.9 Å². The molecule has 0 spiro atoms.